The van der Waals surface area contributed by atoms with E-state index in [1.807, 2.05) is 55.5 Å². The fraction of sp³-hybridized carbons (Fsp3) is 0.200. The lowest BCUT2D eigenvalue weighted by atomic mass is 10.1. The standard InChI is InChI=1S/C20H19ClN2OS/c1-3-4-17-18(14-9-11-16(21)12-10-14)22-20(25-17)23-19(24)15-7-5-13(2)6-8-15/h5-12H,3-4H2,1-2H3,(H,22,23,24). The molecule has 0 unspecified atom stereocenters. The van der Waals surface area contributed by atoms with Crippen LogP contribution in [0.4, 0.5) is 5.13 Å². The maximum Gasteiger partial charge on any atom is 0.257 e. The number of amides is 1. The third-order valence-electron chi connectivity index (χ3n) is 3.83. The summed E-state index contributed by atoms with van der Waals surface area (Å²) in [4.78, 5) is 18.2. The van der Waals surface area contributed by atoms with Crippen molar-refractivity contribution in [3.8, 4) is 11.3 Å². The second kappa shape index (κ2) is 7.81. The summed E-state index contributed by atoms with van der Waals surface area (Å²) in [6.45, 7) is 4.13. The average Bonchev–Trinajstić information content (AvgIpc) is 2.99. The Morgan fingerprint density at radius 3 is 2.44 bits per heavy atom. The van der Waals surface area contributed by atoms with Crippen LogP contribution in [0, 0.1) is 6.92 Å². The third kappa shape index (κ3) is 4.27. The number of carbonyl (C=O) groups excluding carboxylic acids is 1. The van der Waals surface area contributed by atoms with E-state index in [0.717, 1.165) is 29.7 Å². The van der Waals surface area contributed by atoms with Gasteiger partial charge in [0, 0.05) is 21.0 Å². The van der Waals surface area contributed by atoms with E-state index in [2.05, 4.69) is 17.2 Å². The Labute approximate surface area is 156 Å². The summed E-state index contributed by atoms with van der Waals surface area (Å²) in [5.74, 6) is -0.139. The number of aryl methyl sites for hydroxylation is 2. The first-order chi connectivity index (χ1) is 12.1. The number of hydrogen-bond donors (Lipinski definition) is 1. The number of aromatic nitrogens is 1. The van der Waals surface area contributed by atoms with E-state index in [0.29, 0.717) is 15.7 Å². The summed E-state index contributed by atoms with van der Waals surface area (Å²) in [7, 11) is 0. The molecule has 0 saturated heterocycles. The van der Waals surface area contributed by atoms with E-state index in [1.54, 1.807) is 0 Å². The molecule has 5 heteroatoms. The van der Waals surface area contributed by atoms with Crippen LogP contribution in [0.5, 0.6) is 0 Å². The van der Waals surface area contributed by atoms with Gasteiger partial charge >= 0.3 is 0 Å². The maximum absolute atomic E-state index is 12.4. The van der Waals surface area contributed by atoms with Crippen LogP contribution in [0.1, 0.15) is 34.1 Å². The van der Waals surface area contributed by atoms with Crippen molar-refractivity contribution in [2.24, 2.45) is 0 Å². The van der Waals surface area contributed by atoms with Crippen molar-refractivity contribution in [2.75, 3.05) is 5.32 Å². The highest BCUT2D eigenvalue weighted by molar-refractivity contribution is 7.16. The topological polar surface area (TPSA) is 42.0 Å². The number of nitrogens with one attached hydrogen (secondary N) is 1. The second-order valence-electron chi connectivity index (χ2n) is 5.87. The molecule has 0 saturated carbocycles. The fourth-order valence-electron chi connectivity index (χ4n) is 2.51. The van der Waals surface area contributed by atoms with E-state index in [9.17, 15) is 4.79 Å². The van der Waals surface area contributed by atoms with Gasteiger partial charge in [-0.2, -0.15) is 0 Å². The molecule has 2 aromatic carbocycles. The number of anilines is 1. The Bertz CT molecular complexity index is 870. The number of carbonyl (C=O) groups is 1. The molecule has 0 aliphatic heterocycles. The third-order valence-corrected chi connectivity index (χ3v) is 5.11. The zero-order valence-corrected chi connectivity index (χ0v) is 15.7. The van der Waals surface area contributed by atoms with Gasteiger partial charge in [-0.3, -0.25) is 10.1 Å². The molecule has 0 spiro atoms. The number of nitrogens with zero attached hydrogens (tertiary/aromatic N) is 1. The minimum Gasteiger partial charge on any atom is -0.298 e. The first kappa shape index (κ1) is 17.6. The average molecular weight is 371 g/mol. The summed E-state index contributed by atoms with van der Waals surface area (Å²) < 4.78 is 0. The zero-order valence-electron chi connectivity index (χ0n) is 14.2. The molecular weight excluding hydrogens is 352 g/mol. The Kier molecular flexibility index (Phi) is 5.51. The highest BCUT2D eigenvalue weighted by Crippen LogP contribution is 2.33. The number of rotatable bonds is 5. The zero-order chi connectivity index (χ0) is 17.8. The maximum atomic E-state index is 12.4. The molecule has 1 N–H and O–H groups in total. The molecule has 1 aromatic heterocycles. The van der Waals surface area contributed by atoms with Gasteiger partial charge in [-0.25, -0.2) is 4.98 Å². The highest BCUT2D eigenvalue weighted by Gasteiger charge is 2.15. The number of benzene rings is 2. The number of hydrogen-bond acceptors (Lipinski definition) is 3. The smallest absolute Gasteiger partial charge is 0.257 e. The van der Waals surface area contributed by atoms with Gasteiger partial charge in [0.2, 0.25) is 0 Å². The SMILES string of the molecule is CCCc1sc(NC(=O)c2ccc(C)cc2)nc1-c1ccc(Cl)cc1. The molecule has 0 atom stereocenters. The van der Waals surface area contributed by atoms with Crippen molar-refractivity contribution in [2.45, 2.75) is 26.7 Å². The minimum absolute atomic E-state index is 0.139. The van der Waals surface area contributed by atoms with Crippen LogP contribution >= 0.6 is 22.9 Å². The normalized spacial score (nSPS) is 10.7. The quantitative estimate of drug-likeness (QED) is 0.600. The molecular formula is C20H19ClN2OS. The van der Waals surface area contributed by atoms with Gasteiger partial charge < -0.3 is 0 Å². The molecule has 0 radical (unpaired) electrons. The van der Waals surface area contributed by atoms with E-state index >= 15 is 0 Å². The van der Waals surface area contributed by atoms with Crippen molar-refractivity contribution in [3.63, 3.8) is 0 Å². The monoisotopic (exact) mass is 370 g/mol. The van der Waals surface area contributed by atoms with E-state index in [1.165, 1.54) is 16.2 Å². The van der Waals surface area contributed by atoms with Gasteiger partial charge in [-0.05, 0) is 37.6 Å². The molecule has 128 valence electrons. The van der Waals surface area contributed by atoms with Crippen LogP contribution in [0.25, 0.3) is 11.3 Å². The van der Waals surface area contributed by atoms with Crippen LogP contribution in [0.2, 0.25) is 5.02 Å². The molecule has 3 aromatic rings. The van der Waals surface area contributed by atoms with Gasteiger partial charge in [-0.15, -0.1) is 11.3 Å². The van der Waals surface area contributed by atoms with Gasteiger partial charge in [0.15, 0.2) is 5.13 Å². The van der Waals surface area contributed by atoms with Crippen molar-refractivity contribution >= 4 is 34.0 Å². The Morgan fingerprint density at radius 1 is 1.12 bits per heavy atom. The summed E-state index contributed by atoms with van der Waals surface area (Å²) in [6.07, 6.45) is 1.95. The van der Waals surface area contributed by atoms with Crippen LogP contribution in [0.15, 0.2) is 48.5 Å². The van der Waals surface area contributed by atoms with Crippen LogP contribution in [0.3, 0.4) is 0 Å². The second-order valence-corrected chi connectivity index (χ2v) is 7.39. The van der Waals surface area contributed by atoms with Crippen molar-refractivity contribution in [1.29, 1.82) is 0 Å². The van der Waals surface area contributed by atoms with Gasteiger partial charge in [0.1, 0.15) is 0 Å². The summed E-state index contributed by atoms with van der Waals surface area (Å²) in [5.41, 5.74) is 3.69. The molecule has 0 aliphatic rings. The highest BCUT2D eigenvalue weighted by atomic mass is 35.5. The van der Waals surface area contributed by atoms with Crippen molar-refractivity contribution in [3.05, 3.63) is 69.6 Å². The summed E-state index contributed by atoms with van der Waals surface area (Å²) in [6, 6.07) is 15.1. The number of thiazole rings is 1. The molecule has 1 heterocycles. The van der Waals surface area contributed by atoms with Gasteiger partial charge in [0.25, 0.3) is 5.91 Å². The lowest BCUT2D eigenvalue weighted by Gasteiger charge is -2.02. The lowest BCUT2D eigenvalue weighted by Crippen LogP contribution is -2.11. The number of halogens is 1. The molecule has 0 aliphatic carbocycles. The molecule has 1 amide bonds. The Hall–Kier alpha value is -2.17. The largest absolute Gasteiger partial charge is 0.298 e. The molecule has 3 rings (SSSR count). The van der Waals surface area contributed by atoms with Gasteiger partial charge in [0.05, 0.1) is 5.69 Å². The van der Waals surface area contributed by atoms with Crippen molar-refractivity contribution < 1.29 is 4.79 Å². The summed E-state index contributed by atoms with van der Waals surface area (Å²) in [5, 5.41) is 4.24. The van der Waals surface area contributed by atoms with Gasteiger partial charge in [-0.1, -0.05) is 54.8 Å². The van der Waals surface area contributed by atoms with E-state index in [-0.39, 0.29) is 5.91 Å². The van der Waals surface area contributed by atoms with E-state index < -0.39 is 0 Å². The predicted molar refractivity (Wildman–Crippen MR) is 106 cm³/mol. The van der Waals surface area contributed by atoms with Crippen molar-refractivity contribution in [1.82, 2.24) is 4.98 Å². The molecule has 25 heavy (non-hydrogen) atoms. The Balaban J connectivity index is 1.87. The Morgan fingerprint density at radius 2 is 1.80 bits per heavy atom. The molecule has 0 fully saturated rings. The lowest BCUT2D eigenvalue weighted by molar-refractivity contribution is 0.102. The summed E-state index contributed by atoms with van der Waals surface area (Å²) >= 11 is 7.51. The fourth-order valence-corrected chi connectivity index (χ4v) is 3.72. The van der Waals surface area contributed by atoms with Crippen LogP contribution in [-0.2, 0) is 6.42 Å². The van der Waals surface area contributed by atoms with E-state index in [4.69, 9.17) is 11.6 Å². The van der Waals surface area contributed by atoms with Crippen LogP contribution < -0.4 is 5.32 Å². The molecule has 0 bridgehead atoms. The van der Waals surface area contributed by atoms with Crippen LogP contribution in [-0.4, -0.2) is 10.9 Å². The minimum atomic E-state index is -0.139. The first-order valence-corrected chi connectivity index (χ1v) is 9.40. The predicted octanol–water partition coefficient (Wildman–Crippen LogP) is 5.98. The molecule has 3 nitrogen and oxygen atoms in total. The first-order valence-electron chi connectivity index (χ1n) is 8.20.